The number of hydrogen-bond donors (Lipinski definition) is 2. The highest BCUT2D eigenvalue weighted by atomic mass is 32.1. The van der Waals surface area contributed by atoms with Gasteiger partial charge in [0, 0.05) is 5.69 Å². The summed E-state index contributed by atoms with van der Waals surface area (Å²) in [7, 11) is 0. The lowest BCUT2D eigenvalue weighted by atomic mass is 10.2. The Balaban J connectivity index is 2.04. The molecule has 0 saturated carbocycles. The van der Waals surface area contributed by atoms with Gasteiger partial charge in [0.05, 0.1) is 17.9 Å². The second kappa shape index (κ2) is 7.51. The summed E-state index contributed by atoms with van der Waals surface area (Å²) < 4.78 is 18.5. The Labute approximate surface area is 133 Å². The quantitative estimate of drug-likeness (QED) is 0.663. The second-order valence-corrected chi connectivity index (χ2v) is 4.77. The van der Waals surface area contributed by atoms with E-state index in [1.165, 1.54) is 6.07 Å². The summed E-state index contributed by atoms with van der Waals surface area (Å²) in [6.07, 6.45) is 0. The molecule has 0 aromatic heterocycles. The van der Waals surface area contributed by atoms with Gasteiger partial charge < -0.3 is 15.4 Å². The van der Waals surface area contributed by atoms with Crippen molar-refractivity contribution in [2.24, 2.45) is 0 Å². The largest absolute Gasteiger partial charge is 0.462 e. The van der Waals surface area contributed by atoms with Crippen LogP contribution in [0.4, 0.5) is 15.8 Å². The highest BCUT2D eigenvalue weighted by Crippen LogP contribution is 2.15. The van der Waals surface area contributed by atoms with Crippen LogP contribution in [0.1, 0.15) is 17.3 Å². The fraction of sp³-hybridized carbons (Fsp3) is 0.125. The number of thiocarbonyl (C=S) groups is 1. The number of anilines is 2. The van der Waals surface area contributed by atoms with Crippen molar-refractivity contribution in [2.45, 2.75) is 6.92 Å². The van der Waals surface area contributed by atoms with Crippen molar-refractivity contribution in [3.8, 4) is 0 Å². The summed E-state index contributed by atoms with van der Waals surface area (Å²) in [5.74, 6) is -0.800. The minimum atomic E-state index is -0.404. The molecule has 2 aromatic rings. The van der Waals surface area contributed by atoms with Gasteiger partial charge in [0.2, 0.25) is 0 Å². The third-order valence-electron chi connectivity index (χ3n) is 2.75. The number of para-hydroxylation sites is 1. The first-order chi connectivity index (χ1) is 10.6. The van der Waals surface area contributed by atoms with Gasteiger partial charge in [-0.2, -0.15) is 0 Å². The number of esters is 1. The zero-order valence-electron chi connectivity index (χ0n) is 11.9. The van der Waals surface area contributed by atoms with Crippen LogP contribution in [0.25, 0.3) is 0 Å². The Hall–Kier alpha value is -2.47. The number of ether oxygens (including phenoxy) is 1. The SMILES string of the molecule is CCOC(=O)c1cccc(NC(=S)Nc2ccccc2F)c1. The number of carbonyl (C=O) groups is 1. The van der Waals surface area contributed by atoms with Crippen LogP contribution in [0.15, 0.2) is 48.5 Å². The molecule has 0 unspecified atom stereocenters. The van der Waals surface area contributed by atoms with Crippen molar-refractivity contribution < 1.29 is 13.9 Å². The van der Waals surface area contributed by atoms with Crippen LogP contribution in [0.2, 0.25) is 0 Å². The van der Waals surface area contributed by atoms with Crippen molar-refractivity contribution in [1.82, 2.24) is 0 Å². The highest BCUT2D eigenvalue weighted by Gasteiger charge is 2.08. The summed E-state index contributed by atoms with van der Waals surface area (Å²) >= 11 is 5.13. The van der Waals surface area contributed by atoms with Crippen LogP contribution in [0.5, 0.6) is 0 Å². The summed E-state index contributed by atoms with van der Waals surface area (Å²) in [5.41, 5.74) is 1.31. The lowest BCUT2D eigenvalue weighted by molar-refractivity contribution is 0.0526. The minimum Gasteiger partial charge on any atom is -0.462 e. The average molecular weight is 318 g/mol. The van der Waals surface area contributed by atoms with Gasteiger partial charge in [-0.05, 0) is 49.5 Å². The molecule has 0 heterocycles. The molecule has 2 N–H and O–H groups in total. The van der Waals surface area contributed by atoms with E-state index in [0.717, 1.165) is 0 Å². The fourth-order valence-electron chi connectivity index (χ4n) is 1.79. The van der Waals surface area contributed by atoms with E-state index in [2.05, 4.69) is 10.6 Å². The summed E-state index contributed by atoms with van der Waals surface area (Å²) in [6.45, 7) is 2.05. The van der Waals surface area contributed by atoms with E-state index >= 15 is 0 Å². The molecule has 6 heteroatoms. The Morgan fingerprint density at radius 2 is 1.95 bits per heavy atom. The van der Waals surface area contributed by atoms with E-state index in [1.54, 1.807) is 49.4 Å². The topological polar surface area (TPSA) is 50.4 Å². The molecule has 114 valence electrons. The predicted molar refractivity (Wildman–Crippen MR) is 88.6 cm³/mol. The summed E-state index contributed by atoms with van der Waals surface area (Å²) in [5, 5.41) is 5.89. The molecule has 0 atom stereocenters. The van der Waals surface area contributed by atoms with E-state index in [9.17, 15) is 9.18 Å². The summed E-state index contributed by atoms with van der Waals surface area (Å²) in [6, 6.07) is 12.9. The van der Waals surface area contributed by atoms with Crippen LogP contribution in [-0.4, -0.2) is 17.7 Å². The molecule has 2 rings (SSSR count). The monoisotopic (exact) mass is 318 g/mol. The maximum atomic E-state index is 13.5. The van der Waals surface area contributed by atoms with Crippen LogP contribution >= 0.6 is 12.2 Å². The smallest absolute Gasteiger partial charge is 0.338 e. The Morgan fingerprint density at radius 3 is 2.68 bits per heavy atom. The standard InChI is InChI=1S/C16H15FN2O2S/c1-2-21-15(20)11-6-5-7-12(10-11)18-16(22)19-14-9-4-3-8-13(14)17/h3-10H,2H2,1H3,(H2,18,19,22). The average Bonchev–Trinajstić information content (AvgIpc) is 2.50. The van der Waals surface area contributed by atoms with Crippen LogP contribution in [0, 0.1) is 5.82 Å². The molecular weight excluding hydrogens is 303 g/mol. The molecular formula is C16H15FN2O2S. The summed E-state index contributed by atoms with van der Waals surface area (Å²) in [4.78, 5) is 11.7. The maximum absolute atomic E-state index is 13.5. The van der Waals surface area contributed by atoms with Crippen molar-refractivity contribution in [3.05, 3.63) is 59.9 Å². The number of carbonyl (C=O) groups excluding carboxylic acids is 1. The molecule has 0 spiro atoms. The van der Waals surface area contributed by atoms with Gasteiger partial charge in [0.1, 0.15) is 5.82 Å². The van der Waals surface area contributed by atoms with Gasteiger partial charge >= 0.3 is 5.97 Å². The zero-order chi connectivity index (χ0) is 15.9. The molecule has 0 fully saturated rings. The number of benzene rings is 2. The van der Waals surface area contributed by atoms with Crippen LogP contribution in [0.3, 0.4) is 0 Å². The molecule has 0 bridgehead atoms. The van der Waals surface area contributed by atoms with Crippen molar-refractivity contribution in [2.75, 3.05) is 17.2 Å². The van der Waals surface area contributed by atoms with Crippen molar-refractivity contribution >= 4 is 34.7 Å². The molecule has 0 amide bonds. The van der Waals surface area contributed by atoms with Gasteiger partial charge in [-0.3, -0.25) is 0 Å². The number of rotatable bonds is 4. The Morgan fingerprint density at radius 1 is 1.18 bits per heavy atom. The molecule has 4 nitrogen and oxygen atoms in total. The van der Waals surface area contributed by atoms with Crippen molar-refractivity contribution in [3.63, 3.8) is 0 Å². The zero-order valence-corrected chi connectivity index (χ0v) is 12.7. The van der Waals surface area contributed by atoms with Crippen molar-refractivity contribution in [1.29, 1.82) is 0 Å². The number of hydrogen-bond acceptors (Lipinski definition) is 3. The van der Waals surface area contributed by atoms with Gasteiger partial charge in [0.15, 0.2) is 5.11 Å². The van der Waals surface area contributed by atoms with Gasteiger partial charge in [-0.25, -0.2) is 9.18 Å². The lowest BCUT2D eigenvalue weighted by Crippen LogP contribution is -2.20. The van der Waals surface area contributed by atoms with E-state index < -0.39 is 11.8 Å². The first kappa shape index (κ1) is 15.9. The first-order valence-electron chi connectivity index (χ1n) is 6.70. The van der Waals surface area contributed by atoms with Gasteiger partial charge in [0.25, 0.3) is 0 Å². The number of halogens is 1. The van der Waals surface area contributed by atoms with Gasteiger partial charge in [-0.15, -0.1) is 0 Å². The van der Waals surface area contributed by atoms with Gasteiger partial charge in [-0.1, -0.05) is 18.2 Å². The normalized spacial score (nSPS) is 9.91. The van der Waals surface area contributed by atoms with E-state index in [4.69, 9.17) is 17.0 Å². The Bertz CT molecular complexity index is 691. The Kier molecular flexibility index (Phi) is 5.43. The molecule has 0 aliphatic rings. The maximum Gasteiger partial charge on any atom is 0.338 e. The molecule has 0 aliphatic carbocycles. The van der Waals surface area contributed by atoms with Crippen LogP contribution < -0.4 is 10.6 Å². The second-order valence-electron chi connectivity index (χ2n) is 4.36. The predicted octanol–water partition coefficient (Wildman–Crippen LogP) is 3.81. The molecule has 0 saturated heterocycles. The molecule has 22 heavy (non-hydrogen) atoms. The molecule has 0 radical (unpaired) electrons. The van der Waals surface area contributed by atoms with E-state index in [1.807, 2.05) is 0 Å². The third kappa shape index (κ3) is 4.26. The van der Waals surface area contributed by atoms with E-state index in [-0.39, 0.29) is 10.8 Å². The highest BCUT2D eigenvalue weighted by molar-refractivity contribution is 7.80. The van der Waals surface area contributed by atoms with Crippen LogP contribution in [-0.2, 0) is 4.74 Å². The third-order valence-corrected chi connectivity index (χ3v) is 2.96. The molecule has 0 aliphatic heterocycles. The number of nitrogens with one attached hydrogen (secondary N) is 2. The minimum absolute atomic E-state index is 0.228. The molecule has 2 aromatic carbocycles. The fourth-order valence-corrected chi connectivity index (χ4v) is 2.01. The first-order valence-corrected chi connectivity index (χ1v) is 7.10. The lowest BCUT2D eigenvalue weighted by Gasteiger charge is -2.11. The van der Waals surface area contributed by atoms with E-state index in [0.29, 0.717) is 17.9 Å².